The molecule has 0 spiro atoms. The number of nitrogens with one attached hydrogen (secondary N) is 1. The van der Waals surface area contributed by atoms with E-state index in [9.17, 15) is 4.79 Å². The van der Waals surface area contributed by atoms with Crippen LogP contribution < -0.4 is 5.32 Å². The highest BCUT2D eigenvalue weighted by molar-refractivity contribution is 5.96. The number of carbonyl (C=O) groups excluding carboxylic acids is 1. The zero-order valence-electron chi connectivity index (χ0n) is 12.1. The number of rotatable bonds is 6. The van der Waals surface area contributed by atoms with Gasteiger partial charge in [-0.15, -0.1) is 0 Å². The van der Waals surface area contributed by atoms with Crippen molar-refractivity contribution >= 4 is 5.91 Å². The van der Waals surface area contributed by atoms with Crippen LogP contribution in [0.25, 0.3) is 0 Å². The molecule has 2 rings (SSSR count). The molecule has 0 aliphatic carbocycles. The monoisotopic (exact) mass is 276 g/mol. The Balaban J connectivity index is 1.87. The van der Waals surface area contributed by atoms with Gasteiger partial charge in [-0.3, -0.25) is 9.48 Å². The third kappa shape index (κ3) is 3.26. The van der Waals surface area contributed by atoms with E-state index in [-0.39, 0.29) is 11.8 Å². The van der Waals surface area contributed by atoms with Crippen molar-refractivity contribution in [2.24, 2.45) is 0 Å². The Bertz CT molecular complexity index is 558. The van der Waals surface area contributed by atoms with Crippen LogP contribution in [0, 0.1) is 6.92 Å². The fourth-order valence-corrected chi connectivity index (χ4v) is 2.02. The molecule has 2 aromatic heterocycles. The first-order valence-electron chi connectivity index (χ1n) is 6.81. The summed E-state index contributed by atoms with van der Waals surface area (Å²) < 4.78 is 7.06. The van der Waals surface area contributed by atoms with Gasteiger partial charge in [-0.05, 0) is 19.4 Å². The molecule has 6 nitrogen and oxygen atoms in total. The van der Waals surface area contributed by atoms with E-state index in [1.165, 1.54) is 0 Å². The van der Waals surface area contributed by atoms with E-state index in [0.717, 1.165) is 13.0 Å². The summed E-state index contributed by atoms with van der Waals surface area (Å²) in [5.74, 6) is 0.668. The summed E-state index contributed by atoms with van der Waals surface area (Å²) in [6, 6.07) is 1.88. The van der Waals surface area contributed by atoms with Crippen LogP contribution in [0.3, 0.4) is 0 Å². The standard InChI is InChI=1S/C14H20N4O2/c1-10(2)13-12(11(3)17-20-13)14(19)15-6-4-8-18-9-5-7-16-18/h5,7,9-10H,4,6,8H2,1-3H3,(H,15,19). The summed E-state index contributed by atoms with van der Waals surface area (Å²) in [5.41, 5.74) is 1.21. The van der Waals surface area contributed by atoms with Gasteiger partial charge in [0.15, 0.2) is 5.76 Å². The van der Waals surface area contributed by atoms with Gasteiger partial charge in [-0.1, -0.05) is 19.0 Å². The normalized spacial score (nSPS) is 11.0. The van der Waals surface area contributed by atoms with Crippen LogP contribution in [-0.4, -0.2) is 27.4 Å². The first kappa shape index (κ1) is 14.3. The van der Waals surface area contributed by atoms with Gasteiger partial charge in [0, 0.05) is 31.4 Å². The van der Waals surface area contributed by atoms with Gasteiger partial charge < -0.3 is 9.84 Å². The molecule has 0 aliphatic rings. The summed E-state index contributed by atoms with van der Waals surface area (Å²) in [5, 5.41) is 10.9. The molecule has 0 saturated heterocycles. The molecule has 0 aromatic carbocycles. The number of amides is 1. The Morgan fingerprint density at radius 3 is 2.95 bits per heavy atom. The summed E-state index contributed by atoms with van der Waals surface area (Å²) in [4.78, 5) is 12.2. The second-order valence-corrected chi connectivity index (χ2v) is 5.04. The average molecular weight is 276 g/mol. The smallest absolute Gasteiger partial charge is 0.256 e. The van der Waals surface area contributed by atoms with Crippen LogP contribution in [0.5, 0.6) is 0 Å². The Morgan fingerprint density at radius 1 is 1.50 bits per heavy atom. The Hall–Kier alpha value is -2.11. The Kier molecular flexibility index (Phi) is 4.55. The van der Waals surface area contributed by atoms with Crippen molar-refractivity contribution in [2.75, 3.05) is 6.54 Å². The van der Waals surface area contributed by atoms with Gasteiger partial charge in [0.2, 0.25) is 0 Å². The van der Waals surface area contributed by atoms with Crippen LogP contribution in [-0.2, 0) is 6.54 Å². The molecule has 2 aromatic rings. The highest BCUT2D eigenvalue weighted by Gasteiger charge is 2.21. The Labute approximate surface area is 118 Å². The van der Waals surface area contributed by atoms with E-state index in [1.807, 2.05) is 30.8 Å². The van der Waals surface area contributed by atoms with Crippen LogP contribution in [0.15, 0.2) is 23.0 Å². The maximum atomic E-state index is 12.2. The zero-order valence-corrected chi connectivity index (χ0v) is 12.1. The molecule has 6 heteroatoms. The van der Waals surface area contributed by atoms with E-state index in [4.69, 9.17) is 4.52 Å². The minimum Gasteiger partial charge on any atom is -0.360 e. The third-order valence-corrected chi connectivity index (χ3v) is 3.05. The highest BCUT2D eigenvalue weighted by Crippen LogP contribution is 2.21. The second kappa shape index (κ2) is 6.36. The van der Waals surface area contributed by atoms with Gasteiger partial charge in [0.1, 0.15) is 5.56 Å². The average Bonchev–Trinajstić information content (AvgIpc) is 3.03. The van der Waals surface area contributed by atoms with Gasteiger partial charge in [0.25, 0.3) is 5.91 Å². The number of nitrogens with zero attached hydrogens (tertiary/aromatic N) is 3. The third-order valence-electron chi connectivity index (χ3n) is 3.05. The lowest BCUT2D eigenvalue weighted by Crippen LogP contribution is -2.26. The molecular formula is C14H20N4O2. The number of aryl methyl sites for hydroxylation is 2. The van der Waals surface area contributed by atoms with Crippen molar-refractivity contribution < 1.29 is 9.32 Å². The molecule has 0 bridgehead atoms. The van der Waals surface area contributed by atoms with Crippen molar-refractivity contribution in [1.29, 1.82) is 0 Å². The van der Waals surface area contributed by atoms with Crippen molar-refractivity contribution in [3.8, 4) is 0 Å². The maximum absolute atomic E-state index is 12.2. The lowest BCUT2D eigenvalue weighted by atomic mass is 10.0. The topological polar surface area (TPSA) is 73.0 Å². The fraction of sp³-hybridized carbons (Fsp3) is 0.500. The lowest BCUT2D eigenvalue weighted by molar-refractivity contribution is 0.0949. The number of hydrogen-bond acceptors (Lipinski definition) is 4. The van der Waals surface area contributed by atoms with Crippen LogP contribution in [0.1, 0.15) is 48.0 Å². The number of hydrogen-bond donors (Lipinski definition) is 1. The van der Waals surface area contributed by atoms with Crippen molar-refractivity contribution in [3.63, 3.8) is 0 Å². The highest BCUT2D eigenvalue weighted by atomic mass is 16.5. The molecule has 108 valence electrons. The molecule has 0 fully saturated rings. The largest absolute Gasteiger partial charge is 0.360 e. The molecular weight excluding hydrogens is 256 g/mol. The van der Waals surface area contributed by atoms with Crippen LogP contribution in [0.2, 0.25) is 0 Å². The SMILES string of the molecule is Cc1noc(C(C)C)c1C(=O)NCCCn1cccn1. The van der Waals surface area contributed by atoms with Crippen molar-refractivity contribution in [3.05, 3.63) is 35.5 Å². The molecule has 0 saturated carbocycles. The molecule has 0 atom stereocenters. The van der Waals surface area contributed by atoms with Gasteiger partial charge in [-0.25, -0.2) is 0 Å². The molecule has 2 heterocycles. The zero-order chi connectivity index (χ0) is 14.5. The summed E-state index contributed by atoms with van der Waals surface area (Å²) >= 11 is 0. The molecule has 0 aliphatic heterocycles. The predicted octanol–water partition coefficient (Wildman–Crippen LogP) is 2.12. The quantitative estimate of drug-likeness (QED) is 0.820. The maximum Gasteiger partial charge on any atom is 0.256 e. The summed E-state index contributed by atoms with van der Waals surface area (Å²) in [6.07, 6.45) is 4.48. The molecule has 0 radical (unpaired) electrons. The van der Waals surface area contributed by atoms with E-state index in [2.05, 4.69) is 15.6 Å². The Morgan fingerprint density at radius 2 is 2.30 bits per heavy atom. The van der Waals surface area contributed by atoms with E-state index in [1.54, 1.807) is 13.1 Å². The fourth-order valence-electron chi connectivity index (χ4n) is 2.02. The molecule has 0 unspecified atom stereocenters. The number of carbonyl (C=O) groups is 1. The van der Waals surface area contributed by atoms with E-state index < -0.39 is 0 Å². The number of aromatic nitrogens is 3. The predicted molar refractivity (Wildman–Crippen MR) is 74.5 cm³/mol. The summed E-state index contributed by atoms with van der Waals surface area (Å²) in [7, 11) is 0. The van der Waals surface area contributed by atoms with Gasteiger partial charge in [0.05, 0.1) is 5.69 Å². The minimum atomic E-state index is -0.118. The van der Waals surface area contributed by atoms with Crippen LogP contribution >= 0.6 is 0 Å². The van der Waals surface area contributed by atoms with E-state index in [0.29, 0.717) is 23.6 Å². The summed E-state index contributed by atoms with van der Waals surface area (Å²) in [6.45, 7) is 7.13. The minimum absolute atomic E-state index is 0.118. The second-order valence-electron chi connectivity index (χ2n) is 5.04. The van der Waals surface area contributed by atoms with Crippen molar-refractivity contribution in [2.45, 2.75) is 39.7 Å². The van der Waals surface area contributed by atoms with Gasteiger partial charge >= 0.3 is 0 Å². The van der Waals surface area contributed by atoms with Gasteiger partial charge in [-0.2, -0.15) is 5.10 Å². The lowest BCUT2D eigenvalue weighted by Gasteiger charge is -2.07. The molecule has 1 N–H and O–H groups in total. The first-order chi connectivity index (χ1) is 9.59. The molecule has 20 heavy (non-hydrogen) atoms. The van der Waals surface area contributed by atoms with E-state index >= 15 is 0 Å². The van der Waals surface area contributed by atoms with Crippen molar-refractivity contribution in [1.82, 2.24) is 20.3 Å². The molecule has 1 amide bonds. The van der Waals surface area contributed by atoms with Crippen LogP contribution in [0.4, 0.5) is 0 Å². The first-order valence-corrected chi connectivity index (χ1v) is 6.81.